The number of imidazole rings is 1. The maximum atomic E-state index is 13.6. The molecule has 18 heteroatoms. The fourth-order valence-corrected chi connectivity index (χ4v) is 5.37. The number of piperazine rings is 1. The first-order valence-electron chi connectivity index (χ1n) is 13.7. The van der Waals surface area contributed by atoms with Crippen LogP contribution in [-0.4, -0.2) is 92.3 Å². The molecule has 2 aliphatic heterocycles. The predicted molar refractivity (Wildman–Crippen MR) is 148 cm³/mol. The Morgan fingerprint density at radius 3 is 2.29 bits per heavy atom. The summed E-state index contributed by atoms with van der Waals surface area (Å²) in [5, 5.41) is 8.73. The van der Waals surface area contributed by atoms with Gasteiger partial charge < -0.3 is 25.0 Å². The summed E-state index contributed by atoms with van der Waals surface area (Å²) < 4.78 is 80.3. The lowest BCUT2D eigenvalue weighted by atomic mass is 9.98. The maximum absolute atomic E-state index is 13.6. The molecule has 2 fully saturated rings. The van der Waals surface area contributed by atoms with Crippen LogP contribution in [0.15, 0.2) is 30.6 Å². The summed E-state index contributed by atoms with van der Waals surface area (Å²) in [6, 6.07) is 4.15. The van der Waals surface area contributed by atoms with Crippen LogP contribution in [0.1, 0.15) is 33.1 Å². The van der Waals surface area contributed by atoms with Crippen molar-refractivity contribution in [2.75, 3.05) is 44.6 Å². The zero-order valence-corrected chi connectivity index (χ0v) is 24.4. The Hall–Kier alpha value is -4.12. The second kappa shape index (κ2) is 12.3. The molecule has 242 valence electrons. The van der Waals surface area contributed by atoms with Crippen molar-refractivity contribution >= 4 is 35.0 Å². The SMILES string of the molecule is Cn1c(-c2cn(CC(F)(F)F)nc2C(F)(F)F)cnc1C(=O)Nc1ccc(C(=O)N2CCN(C(=O)CC3CNC3)CC2)c(Cl)c1. The van der Waals surface area contributed by atoms with E-state index in [1.165, 1.54) is 25.2 Å². The Morgan fingerprint density at radius 2 is 1.71 bits per heavy atom. The number of amides is 3. The van der Waals surface area contributed by atoms with E-state index in [4.69, 9.17) is 11.6 Å². The number of carbonyl (C=O) groups is 3. The quantitative estimate of drug-likeness (QED) is 0.374. The predicted octanol–water partition coefficient (Wildman–Crippen LogP) is 3.66. The molecule has 2 N–H and O–H groups in total. The highest BCUT2D eigenvalue weighted by atomic mass is 35.5. The van der Waals surface area contributed by atoms with Crippen LogP contribution in [0.25, 0.3) is 11.3 Å². The lowest BCUT2D eigenvalue weighted by Crippen LogP contribution is -2.52. The molecule has 4 heterocycles. The van der Waals surface area contributed by atoms with Gasteiger partial charge in [0.1, 0.15) is 6.54 Å². The Labute approximate surface area is 257 Å². The Kier molecular flexibility index (Phi) is 8.86. The van der Waals surface area contributed by atoms with Gasteiger partial charge in [0.2, 0.25) is 5.91 Å². The number of alkyl halides is 6. The van der Waals surface area contributed by atoms with E-state index in [-0.39, 0.29) is 44.3 Å². The van der Waals surface area contributed by atoms with Crippen LogP contribution in [0.3, 0.4) is 0 Å². The number of hydrogen-bond acceptors (Lipinski definition) is 6. The molecule has 3 amide bonds. The fourth-order valence-electron chi connectivity index (χ4n) is 5.11. The average molecular weight is 661 g/mol. The molecule has 0 atom stereocenters. The second-order valence-electron chi connectivity index (χ2n) is 10.8. The van der Waals surface area contributed by atoms with Gasteiger partial charge >= 0.3 is 12.4 Å². The van der Waals surface area contributed by atoms with Crippen molar-refractivity contribution < 1.29 is 40.7 Å². The zero-order valence-electron chi connectivity index (χ0n) is 23.7. The van der Waals surface area contributed by atoms with Crippen LogP contribution in [0.4, 0.5) is 32.0 Å². The monoisotopic (exact) mass is 660 g/mol. The van der Waals surface area contributed by atoms with E-state index in [9.17, 15) is 40.7 Å². The van der Waals surface area contributed by atoms with Gasteiger partial charge in [-0.05, 0) is 37.2 Å². The third-order valence-corrected chi connectivity index (χ3v) is 7.86. The third-order valence-electron chi connectivity index (χ3n) is 7.54. The topological polar surface area (TPSA) is 117 Å². The van der Waals surface area contributed by atoms with Crippen LogP contribution in [0, 0.1) is 5.92 Å². The lowest BCUT2D eigenvalue weighted by molar-refractivity contribution is -0.148. The van der Waals surface area contributed by atoms with Crippen LogP contribution in [-0.2, 0) is 24.6 Å². The summed E-state index contributed by atoms with van der Waals surface area (Å²) in [4.78, 5) is 45.7. The second-order valence-corrected chi connectivity index (χ2v) is 11.2. The Bertz CT molecular complexity index is 1610. The molecular formula is C27H27ClF6N8O3. The molecule has 2 aliphatic rings. The number of rotatable bonds is 7. The van der Waals surface area contributed by atoms with Gasteiger partial charge in [0.25, 0.3) is 11.8 Å². The molecule has 0 radical (unpaired) electrons. The molecule has 0 unspecified atom stereocenters. The standard InChI is InChI=1S/C27H27ClF6N8O3/c1-39-20(18-13-42(14-26(29,30)31)38-22(18)27(32,33)34)12-36-23(39)24(44)37-16-2-3-17(19(28)9-16)25(45)41-6-4-40(5-7-41)21(43)8-15-10-35-11-15/h2-3,9,12-13,15,35H,4-8,10-11,14H2,1H3,(H,37,44). The number of carbonyl (C=O) groups excluding carboxylic acids is 3. The maximum Gasteiger partial charge on any atom is 0.435 e. The first-order chi connectivity index (χ1) is 21.1. The number of halogens is 7. The summed E-state index contributed by atoms with van der Waals surface area (Å²) in [5.74, 6) is -1.15. The van der Waals surface area contributed by atoms with Gasteiger partial charge in [0, 0.05) is 51.5 Å². The van der Waals surface area contributed by atoms with Gasteiger partial charge in [0.05, 0.1) is 28.0 Å². The molecule has 0 bridgehead atoms. The molecule has 0 spiro atoms. The number of nitrogens with zero attached hydrogens (tertiary/aromatic N) is 6. The number of aromatic nitrogens is 4. The van der Waals surface area contributed by atoms with Crippen molar-refractivity contribution in [3.05, 3.63) is 52.7 Å². The van der Waals surface area contributed by atoms with Crippen molar-refractivity contribution in [2.45, 2.75) is 25.3 Å². The molecular weight excluding hydrogens is 634 g/mol. The molecule has 2 aromatic heterocycles. The summed E-state index contributed by atoms with van der Waals surface area (Å²) in [5.41, 5.74) is -2.21. The first kappa shape index (κ1) is 32.3. The molecule has 5 rings (SSSR count). The number of hydrogen-bond donors (Lipinski definition) is 2. The molecule has 0 saturated carbocycles. The van der Waals surface area contributed by atoms with E-state index in [0.717, 1.165) is 23.9 Å². The van der Waals surface area contributed by atoms with Gasteiger partial charge in [-0.1, -0.05) is 11.6 Å². The van der Waals surface area contributed by atoms with Crippen molar-refractivity contribution in [2.24, 2.45) is 13.0 Å². The van der Waals surface area contributed by atoms with Gasteiger partial charge in [-0.15, -0.1) is 0 Å². The molecule has 11 nitrogen and oxygen atoms in total. The number of nitrogens with one attached hydrogen (secondary N) is 2. The molecule has 2 saturated heterocycles. The third kappa shape index (κ3) is 7.24. The lowest BCUT2D eigenvalue weighted by Gasteiger charge is -2.36. The molecule has 45 heavy (non-hydrogen) atoms. The highest BCUT2D eigenvalue weighted by molar-refractivity contribution is 6.34. The largest absolute Gasteiger partial charge is 0.435 e. The van der Waals surface area contributed by atoms with Crippen LogP contribution < -0.4 is 10.6 Å². The van der Waals surface area contributed by atoms with E-state index in [2.05, 4.69) is 20.7 Å². The Morgan fingerprint density at radius 1 is 1.04 bits per heavy atom. The van der Waals surface area contributed by atoms with Gasteiger partial charge in [-0.2, -0.15) is 31.4 Å². The van der Waals surface area contributed by atoms with Crippen LogP contribution >= 0.6 is 11.6 Å². The van der Waals surface area contributed by atoms with E-state index in [1.54, 1.807) is 9.80 Å². The van der Waals surface area contributed by atoms with Crippen LogP contribution in [0.5, 0.6) is 0 Å². The fraction of sp³-hybridized carbons (Fsp3) is 0.444. The summed E-state index contributed by atoms with van der Waals surface area (Å²) in [6.45, 7) is 1.36. The van der Waals surface area contributed by atoms with Gasteiger partial charge in [0.15, 0.2) is 11.5 Å². The summed E-state index contributed by atoms with van der Waals surface area (Å²) >= 11 is 6.37. The number of benzene rings is 1. The highest BCUT2D eigenvalue weighted by Gasteiger charge is 2.40. The minimum atomic E-state index is -5.08. The van der Waals surface area contributed by atoms with Crippen molar-refractivity contribution in [3.8, 4) is 11.3 Å². The zero-order chi connectivity index (χ0) is 32.7. The Balaban J connectivity index is 1.25. The summed E-state index contributed by atoms with van der Waals surface area (Å²) in [7, 11) is 1.23. The molecule has 0 aliphatic carbocycles. The number of anilines is 1. The average Bonchev–Trinajstić information content (AvgIpc) is 3.52. The van der Waals surface area contributed by atoms with Crippen LogP contribution in [0.2, 0.25) is 5.02 Å². The highest BCUT2D eigenvalue weighted by Crippen LogP contribution is 2.37. The summed E-state index contributed by atoms with van der Waals surface area (Å²) in [6.07, 6.45) is -7.90. The van der Waals surface area contributed by atoms with Crippen molar-refractivity contribution in [1.82, 2.24) is 34.4 Å². The van der Waals surface area contributed by atoms with Crippen molar-refractivity contribution in [1.29, 1.82) is 0 Å². The van der Waals surface area contributed by atoms with E-state index >= 15 is 0 Å². The van der Waals surface area contributed by atoms with Gasteiger partial charge in [-0.3, -0.25) is 19.1 Å². The van der Waals surface area contributed by atoms with Crippen molar-refractivity contribution in [3.63, 3.8) is 0 Å². The smallest absolute Gasteiger partial charge is 0.339 e. The first-order valence-corrected chi connectivity index (χ1v) is 14.1. The van der Waals surface area contributed by atoms with E-state index in [0.29, 0.717) is 44.7 Å². The normalized spacial score (nSPS) is 16.1. The minimum absolute atomic E-state index is 0.0289. The van der Waals surface area contributed by atoms with Gasteiger partial charge in [-0.25, -0.2) is 4.98 Å². The molecule has 1 aromatic carbocycles. The minimum Gasteiger partial charge on any atom is -0.339 e. The van der Waals surface area contributed by atoms with E-state index in [1.807, 2.05) is 0 Å². The molecule has 3 aromatic rings. The van der Waals surface area contributed by atoms with E-state index < -0.39 is 36.1 Å².